The average molecular weight is 254 g/mol. The molecule has 0 saturated carbocycles. The quantitative estimate of drug-likeness (QED) is 0.786. The summed E-state index contributed by atoms with van der Waals surface area (Å²) in [5, 5.41) is 10.8. The number of hydrogen-bond donors (Lipinski definition) is 1. The summed E-state index contributed by atoms with van der Waals surface area (Å²) in [6.45, 7) is 10.1. The van der Waals surface area contributed by atoms with Crippen LogP contribution in [0.15, 0.2) is 10.1 Å². The highest BCUT2D eigenvalue weighted by Gasteiger charge is 2.25. The highest BCUT2D eigenvalue weighted by atomic mass is 35.5. The molecule has 0 aromatic heterocycles. The number of rotatable bonds is 6. The molecule has 0 aliphatic rings. The predicted octanol–water partition coefficient (Wildman–Crippen LogP) is 3.18. The van der Waals surface area contributed by atoms with Gasteiger partial charge in [0.05, 0.1) is 10.6 Å². The van der Waals surface area contributed by atoms with Crippen LogP contribution in [0.4, 0.5) is 0 Å². The Labute approximate surface area is 103 Å². The van der Waals surface area contributed by atoms with E-state index in [9.17, 15) is 5.11 Å². The third-order valence-electron chi connectivity index (χ3n) is 2.66. The van der Waals surface area contributed by atoms with E-state index in [1.165, 1.54) is 0 Å². The molecule has 1 N–H and O–H groups in total. The highest BCUT2D eigenvalue weighted by molar-refractivity contribution is 6.40. The maximum Gasteiger partial charge on any atom is 0.0983 e. The first-order valence-corrected chi connectivity index (χ1v) is 6.13. The van der Waals surface area contributed by atoms with Crippen molar-refractivity contribution in [3.8, 4) is 0 Å². The van der Waals surface area contributed by atoms with E-state index in [2.05, 4.69) is 18.7 Å². The van der Waals surface area contributed by atoms with Gasteiger partial charge in [0.25, 0.3) is 0 Å². The molecule has 15 heavy (non-hydrogen) atoms. The maximum absolute atomic E-state index is 9.93. The summed E-state index contributed by atoms with van der Waals surface area (Å²) in [4.78, 5) is 2.15. The molecule has 0 radical (unpaired) electrons. The monoisotopic (exact) mass is 253 g/mol. The normalized spacial score (nSPS) is 17.6. The molecule has 0 amide bonds. The van der Waals surface area contributed by atoms with E-state index in [1.54, 1.807) is 6.92 Å². The van der Waals surface area contributed by atoms with E-state index < -0.39 is 5.60 Å². The molecule has 0 spiro atoms. The van der Waals surface area contributed by atoms with Crippen molar-refractivity contribution in [1.29, 1.82) is 0 Å². The first kappa shape index (κ1) is 15.2. The van der Waals surface area contributed by atoms with Crippen LogP contribution in [0.2, 0.25) is 0 Å². The van der Waals surface area contributed by atoms with Crippen LogP contribution in [0.3, 0.4) is 0 Å². The standard InChI is InChI=1S/C11H21Cl2NO/c1-5-11(4,15)10(13)9(12)8-14(6-2)7-3/h15H,5-8H2,1-4H3/b10-9+. The molecule has 2 nitrogen and oxygen atoms in total. The van der Waals surface area contributed by atoms with Gasteiger partial charge in [-0.2, -0.15) is 0 Å². The van der Waals surface area contributed by atoms with Crippen molar-refractivity contribution < 1.29 is 5.11 Å². The van der Waals surface area contributed by atoms with Gasteiger partial charge in [0.2, 0.25) is 0 Å². The van der Waals surface area contributed by atoms with E-state index in [1.807, 2.05) is 6.92 Å². The van der Waals surface area contributed by atoms with Gasteiger partial charge >= 0.3 is 0 Å². The van der Waals surface area contributed by atoms with Gasteiger partial charge in [0.1, 0.15) is 0 Å². The third-order valence-corrected chi connectivity index (χ3v) is 3.70. The average Bonchev–Trinajstić information content (AvgIpc) is 2.24. The Hall–Kier alpha value is 0.240. The summed E-state index contributed by atoms with van der Waals surface area (Å²) in [7, 11) is 0. The van der Waals surface area contributed by atoms with Crippen LogP contribution in [0.25, 0.3) is 0 Å². The fourth-order valence-electron chi connectivity index (χ4n) is 1.16. The highest BCUT2D eigenvalue weighted by Crippen LogP contribution is 2.29. The zero-order valence-electron chi connectivity index (χ0n) is 9.98. The van der Waals surface area contributed by atoms with Crippen LogP contribution in [-0.2, 0) is 0 Å². The Kier molecular flexibility index (Phi) is 6.85. The van der Waals surface area contributed by atoms with Crippen LogP contribution in [0, 0.1) is 0 Å². The van der Waals surface area contributed by atoms with Crippen molar-refractivity contribution in [2.75, 3.05) is 19.6 Å². The molecule has 0 aromatic carbocycles. The summed E-state index contributed by atoms with van der Waals surface area (Å²) in [5.74, 6) is 0. The summed E-state index contributed by atoms with van der Waals surface area (Å²) in [5.41, 5.74) is -1.01. The molecular weight excluding hydrogens is 233 g/mol. The zero-order valence-corrected chi connectivity index (χ0v) is 11.5. The number of nitrogens with zero attached hydrogens (tertiary/aromatic N) is 1. The largest absolute Gasteiger partial charge is 0.385 e. The molecule has 0 aromatic rings. The molecule has 90 valence electrons. The lowest BCUT2D eigenvalue weighted by molar-refractivity contribution is 0.101. The fraction of sp³-hybridized carbons (Fsp3) is 0.818. The minimum atomic E-state index is -1.01. The number of hydrogen-bond acceptors (Lipinski definition) is 2. The van der Waals surface area contributed by atoms with E-state index in [0.29, 0.717) is 23.0 Å². The smallest absolute Gasteiger partial charge is 0.0983 e. The first-order chi connectivity index (χ1) is 6.88. The second kappa shape index (κ2) is 6.74. The van der Waals surface area contributed by atoms with Gasteiger partial charge in [0, 0.05) is 11.6 Å². The first-order valence-electron chi connectivity index (χ1n) is 5.38. The van der Waals surface area contributed by atoms with Gasteiger partial charge in [-0.1, -0.05) is 44.0 Å². The molecule has 1 unspecified atom stereocenters. The maximum atomic E-state index is 9.93. The summed E-state index contributed by atoms with van der Waals surface area (Å²) >= 11 is 12.1. The third kappa shape index (κ3) is 4.73. The van der Waals surface area contributed by atoms with Crippen molar-refractivity contribution >= 4 is 23.2 Å². The van der Waals surface area contributed by atoms with Crippen LogP contribution in [0.1, 0.15) is 34.1 Å². The topological polar surface area (TPSA) is 23.5 Å². The lowest BCUT2D eigenvalue weighted by atomic mass is 10.0. The van der Waals surface area contributed by atoms with Crippen molar-refractivity contribution in [2.45, 2.75) is 39.7 Å². The minimum Gasteiger partial charge on any atom is -0.385 e. The Bertz CT molecular complexity index is 223. The molecule has 0 bridgehead atoms. The molecule has 4 heteroatoms. The van der Waals surface area contributed by atoms with E-state index >= 15 is 0 Å². The fourth-order valence-corrected chi connectivity index (χ4v) is 1.73. The second-order valence-corrected chi connectivity index (χ2v) is 4.64. The van der Waals surface area contributed by atoms with Crippen LogP contribution < -0.4 is 0 Å². The van der Waals surface area contributed by atoms with Crippen molar-refractivity contribution in [3.63, 3.8) is 0 Å². The number of halogens is 2. The Morgan fingerprint density at radius 2 is 1.67 bits per heavy atom. The van der Waals surface area contributed by atoms with Gasteiger partial charge in [-0.3, -0.25) is 4.90 Å². The molecule has 1 atom stereocenters. The van der Waals surface area contributed by atoms with E-state index in [0.717, 1.165) is 13.1 Å². The number of aliphatic hydroxyl groups is 1. The summed E-state index contributed by atoms with van der Waals surface area (Å²) in [6, 6.07) is 0. The molecule has 0 rings (SSSR count). The van der Waals surface area contributed by atoms with Crippen LogP contribution in [0.5, 0.6) is 0 Å². The summed E-state index contributed by atoms with van der Waals surface area (Å²) in [6.07, 6.45) is 0.556. The predicted molar refractivity (Wildman–Crippen MR) is 67.4 cm³/mol. The van der Waals surface area contributed by atoms with Gasteiger partial charge in [-0.25, -0.2) is 0 Å². The SMILES string of the molecule is CCN(CC)C/C(Cl)=C(\Cl)C(C)(O)CC. The Morgan fingerprint density at radius 1 is 1.20 bits per heavy atom. The number of likely N-dealkylation sites (N-methyl/N-ethyl adjacent to an activating group) is 1. The van der Waals surface area contributed by atoms with Gasteiger partial charge < -0.3 is 5.11 Å². The summed E-state index contributed by atoms with van der Waals surface area (Å²) < 4.78 is 0. The van der Waals surface area contributed by atoms with Gasteiger partial charge in [-0.15, -0.1) is 0 Å². The Morgan fingerprint density at radius 3 is 2.00 bits per heavy atom. The van der Waals surface area contributed by atoms with E-state index in [-0.39, 0.29) is 0 Å². The van der Waals surface area contributed by atoms with Gasteiger partial charge in [-0.05, 0) is 26.4 Å². The van der Waals surface area contributed by atoms with Gasteiger partial charge in [0.15, 0.2) is 0 Å². The molecule has 0 aliphatic carbocycles. The van der Waals surface area contributed by atoms with Crippen LogP contribution >= 0.6 is 23.2 Å². The van der Waals surface area contributed by atoms with Crippen molar-refractivity contribution in [2.24, 2.45) is 0 Å². The molecule has 0 heterocycles. The second-order valence-electron chi connectivity index (χ2n) is 3.81. The molecule has 0 aliphatic heterocycles. The zero-order chi connectivity index (χ0) is 12.1. The molecule has 0 fully saturated rings. The minimum absolute atomic E-state index is 0.360. The van der Waals surface area contributed by atoms with E-state index in [4.69, 9.17) is 23.2 Å². The van der Waals surface area contributed by atoms with Crippen molar-refractivity contribution in [1.82, 2.24) is 4.90 Å². The molecule has 0 saturated heterocycles. The Balaban J connectivity index is 4.64. The lowest BCUT2D eigenvalue weighted by Gasteiger charge is -2.24. The van der Waals surface area contributed by atoms with Crippen molar-refractivity contribution in [3.05, 3.63) is 10.1 Å². The molecular formula is C11H21Cl2NO. The van der Waals surface area contributed by atoms with Crippen LogP contribution in [-0.4, -0.2) is 35.2 Å². The lowest BCUT2D eigenvalue weighted by Crippen LogP contribution is -2.28.